The Bertz CT molecular complexity index is 323. The van der Waals surface area contributed by atoms with Crippen LogP contribution in [0.2, 0.25) is 0 Å². The summed E-state index contributed by atoms with van der Waals surface area (Å²) in [5, 5.41) is 17.2. The summed E-state index contributed by atoms with van der Waals surface area (Å²) in [6.07, 6.45) is 3.08. The Morgan fingerprint density at radius 1 is 1.42 bits per heavy atom. The van der Waals surface area contributed by atoms with Crippen LogP contribution in [0.15, 0.2) is 30.3 Å². The number of benzene rings is 1. The van der Waals surface area contributed by atoms with E-state index in [4.69, 9.17) is 10.4 Å². The van der Waals surface area contributed by atoms with Crippen molar-refractivity contribution in [1.29, 1.82) is 5.26 Å². The molecule has 0 spiro atoms. The Hall–Kier alpha value is -1.59. The first-order valence-corrected chi connectivity index (χ1v) is 3.63. The molecule has 2 nitrogen and oxygen atoms in total. The first kappa shape index (κ1) is 8.51. The Morgan fingerprint density at radius 3 is 2.83 bits per heavy atom. The van der Waals surface area contributed by atoms with Gasteiger partial charge in [0.15, 0.2) is 0 Å². The second kappa shape index (κ2) is 4.32. The predicted octanol–water partition coefficient (Wildman–Crippen LogP) is 1.72. The summed E-state index contributed by atoms with van der Waals surface area (Å²) in [7, 11) is 0. The molecule has 0 fully saturated rings. The van der Waals surface area contributed by atoms with Crippen molar-refractivity contribution in [2.24, 2.45) is 0 Å². The lowest BCUT2D eigenvalue weighted by Crippen LogP contribution is -1.86. The lowest BCUT2D eigenvalue weighted by molar-refractivity contribution is 0.281. The molecule has 0 radical (unpaired) electrons. The Labute approximate surface area is 71.4 Å². The van der Waals surface area contributed by atoms with Crippen molar-refractivity contribution >= 4 is 6.08 Å². The van der Waals surface area contributed by atoms with Gasteiger partial charge in [-0.05, 0) is 17.2 Å². The third-order valence-electron chi connectivity index (χ3n) is 1.56. The number of rotatable bonds is 2. The number of hydrogen-bond donors (Lipinski definition) is 1. The van der Waals surface area contributed by atoms with Gasteiger partial charge in [-0.2, -0.15) is 5.26 Å². The minimum Gasteiger partial charge on any atom is -0.392 e. The smallest absolute Gasteiger partial charge is 0.0912 e. The molecule has 1 rings (SSSR count). The first-order chi connectivity index (χ1) is 5.88. The topological polar surface area (TPSA) is 44.0 Å². The molecule has 1 N–H and O–H groups in total. The van der Waals surface area contributed by atoms with Gasteiger partial charge in [0.1, 0.15) is 0 Å². The van der Waals surface area contributed by atoms with Crippen LogP contribution < -0.4 is 0 Å². The van der Waals surface area contributed by atoms with Crippen LogP contribution in [0.1, 0.15) is 11.1 Å². The molecular formula is C10H9NO. The zero-order chi connectivity index (χ0) is 8.81. The van der Waals surface area contributed by atoms with Crippen molar-refractivity contribution in [3.8, 4) is 6.07 Å². The quantitative estimate of drug-likeness (QED) is 0.667. The van der Waals surface area contributed by atoms with E-state index in [0.717, 1.165) is 11.1 Å². The summed E-state index contributed by atoms with van der Waals surface area (Å²) in [4.78, 5) is 0. The standard InChI is InChI=1S/C10H9NO/c11-7-3-6-9-4-1-2-5-10(9)8-12/h1-6,12H,8H2. The van der Waals surface area contributed by atoms with Crippen LogP contribution in [-0.2, 0) is 6.61 Å². The summed E-state index contributed by atoms with van der Waals surface area (Å²) in [6, 6.07) is 9.32. The molecule has 1 aromatic carbocycles. The number of aliphatic hydroxyl groups is 1. The lowest BCUT2D eigenvalue weighted by Gasteiger charge is -1.99. The van der Waals surface area contributed by atoms with Gasteiger partial charge in [-0.25, -0.2) is 0 Å². The summed E-state index contributed by atoms with van der Waals surface area (Å²) in [6.45, 7) is 0.00589. The minimum atomic E-state index is 0.00589. The zero-order valence-corrected chi connectivity index (χ0v) is 6.57. The molecule has 0 heterocycles. The van der Waals surface area contributed by atoms with Gasteiger partial charge in [0.05, 0.1) is 12.7 Å². The molecule has 0 aliphatic heterocycles. The van der Waals surface area contributed by atoms with Gasteiger partial charge in [0.25, 0.3) is 0 Å². The number of allylic oxidation sites excluding steroid dienone is 1. The monoisotopic (exact) mass is 159 g/mol. The highest BCUT2D eigenvalue weighted by Crippen LogP contribution is 2.09. The van der Waals surface area contributed by atoms with E-state index < -0.39 is 0 Å². The van der Waals surface area contributed by atoms with Crippen LogP contribution in [0.3, 0.4) is 0 Å². The van der Waals surface area contributed by atoms with Gasteiger partial charge >= 0.3 is 0 Å². The van der Waals surface area contributed by atoms with Crippen LogP contribution in [0.4, 0.5) is 0 Å². The Morgan fingerprint density at radius 2 is 2.17 bits per heavy atom. The molecule has 0 saturated heterocycles. The van der Waals surface area contributed by atoms with E-state index in [-0.39, 0.29) is 6.61 Å². The number of nitriles is 1. The van der Waals surface area contributed by atoms with Crippen molar-refractivity contribution in [1.82, 2.24) is 0 Å². The molecule has 0 bridgehead atoms. The number of aliphatic hydroxyl groups excluding tert-OH is 1. The maximum Gasteiger partial charge on any atom is 0.0912 e. The minimum absolute atomic E-state index is 0.00589. The average molecular weight is 159 g/mol. The molecule has 0 unspecified atom stereocenters. The van der Waals surface area contributed by atoms with Gasteiger partial charge in [-0.3, -0.25) is 0 Å². The molecule has 0 aromatic heterocycles. The fourth-order valence-corrected chi connectivity index (χ4v) is 0.968. The van der Waals surface area contributed by atoms with E-state index in [0.29, 0.717) is 0 Å². The van der Waals surface area contributed by atoms with Crippen LogP contribution >= 0.6 is 0 Å². The van der Waals surface area contributed by atoms with Crippen LogP contribution in [-0.4, -0.2) is 5.11 Å². The molecule has 0 amide bonds. The van der Waals surface area contributed by atoms with E-state index in [2.05, 4.69) is 0 Å². The van der Waals surface area contributed by atoms with Crippen molar-refractivity contribution in [2.75, 3.05) is 0 Å². The fraction of sp³-hybridized carbons (Fsp3) is 0.100. The van der Waals surface area contributed by atoms with Crippen molar-refractivity contribution in [2.45, 2.75) is 6.61 Å². The van der Waals surface area contributed by atoms with E-state index >= 15 is 0 Å². The molecule has 1 aromatic rings. The molecule has 0 aliphatic carbocycles. The first-order valence-electron chi connectivity index (χ1n) is 3.63. The normalized spacial score (nSPS) is 10.0. The molecule has 60 valence electrons. The van der Waals surface area contributed by atoms with Crippen molar-refractivity contribution in [3.05, 3.63) is 41.5 Å². The van der Waals surface area contributed by atoms with Gasteiger partial charge < -0.3 is 5.11 Å². The largest absolute Gasteiger partial charge is 0.392 e. The van der Waals surface area contributed by atoms with E-state index in [9.17, 15) is 0 Å². The van der Waals surface area contributed by atoms with Crippen LogP contribution in [0, 0.1) is 11.3 Å². The van der Waals surface area contributed by atoms with Gasteiger partial charge in [0, 0.05) is 6.08 Å². The molecular weight excluding hydrogens is 150 g/mol. The Kier molecular flexibility index (Phi) is 3.06. The summed E-state index contributed by atoms with van der Waals surface area (Å²) in [5.41, 5.74) is 1.73. The van der Waals surface area contributed by atoms with Crippen molar-refractivity contribution < 1.29 is 5.11 Å². The average Bonchev–Trinajstić information content (AvgIpc) is 2.15. The highest BCUT2D eigenvalue weighted by atomic mass is 16.3. The summed E-state index contributed by atoms with van der Waals surface area (Å²) in [5.74, 6) is 0. The Balaban J connectivity index is 2.99. The molecule has 2 heteroatoms. The highest BCUT2D eigenvalue weighted by molar-refractivity contribution is 5.55. The third kappa shape index (κ3) is 1.94. The molecule has 0 atom stereocenters. The summed E-state index contributed by atoms with van der Waals surface area (Å²) >= 11 is 0. The number of nitrogens with zero attached hydrogens (tertiary/aromatic N) is 1. The maximum atomic E-state index is 8.90. The second-order valence-corrected chi connectivity index (χ2v) is 2.32. The maximum absolute atomic E-state index is 8.90. The van der Waals surface area contributed by atoms with Gasteiger partial charge in [0.2, 0.25) is 0 Å². The highest BCUT2D eigenvalue weighted by Gasteiger charge is 1.94. The fourth-order valence-electron chi connectivity index (χ4n) is 0.968. The molecule has 0 saturated carbocycles. The lowest BCUT2D eigenvalue weighted by atomic mass is 10.1. The molecule has 0 aliphatic rings. The van der Waals surface area contributed by atoms with Crippen LogP contribution in [0.25, 0.3) is 6.08 Å². The van der Waals surface area contributed by atoms with Gasteiger partial charge in [-0.15, -0.1) is 0 Å². The van der Waals surface area contributed by atoms with Crippen LogP contribution in [0.5, 0.6) is 0 Å². The van der Waals surface area contributed by atoms with E-state index in [1.165, 1.54) is 6.08 Å². The predicted molar refractivity (Wildman–Crippen MR) is 47.0 cm³/mol. The second-order valence-electron chi connectivity index (χ2n) is 2.32. The molecule has 12 heavy (non-hydrogen) atoms. The van der Waals surface area contributed by atoms with Crippen molar-refractivity contribution in [3.63, 3.8) is 0 Å². The third-order valence-corrected chi connectivity index (χ3v) is 1.56. The van der Waals surface area contributed by atoms with E-state index in [1.807, 2.05) is 30.3 Å². The SMILES string of the molecule is N#CC=Cc1ccccc1CO. The van der Waals surface area contributed by atoms with Gasteiger partial charge in [-0.1, -0.05) is 24.3 Å². The van der Waals surface area contributed by atoms with E-state index in [1.54, 1.807) is 6.08 Å². The zero-order valence-electron chi connectivity index (χ0n) is 6.57. The number of hydrogen-bond acceptors (Lipinski definition) is 2. The summed E-state index contributed by atoms with van der Waals surface area (Å²) < 4.78 is 0.